The van der Waals surface area contributed by atoms with E-state index in [1.165, 1.54) is 19.3 Å². The molecule has 13 heavy (non-hydrogen) atoms. The zero-order chi connectivity index (χ0) is 9.68. The van der Waals surface area contributed by atoms with Crippen molar-refractivity contribution in [3.63, 3.8) is 0 Å². The molecule has 72 valence electrons. The van der Waals surface area contributed by atoms with Gasteiger partial charge in [0, 0.05) is 6.54 Å². The number of carbonyl (C=O) groups is 1. The molecule has 3 heteroatoms. The maximum absolute atomic E-state index is 11.0. The highest BCUT2D eigenvalue weighted by molar-refractivity contribution is 5.77. The Bertz CT molecular complexity index is 219. The van der Waals surface area contributed by atoms with Gasteiger partial charge in [-0.2, -0.15) is 5.26 Å². The van der Waals surface area contributed by atoms with Crippen molar-refractivity contribution in [2.24, 2.45) is 11.8 Å². The first-order valence-electron chi connectivity index (χ1n) is 4.87. The number of nitriles is 1. The van der Waals surface area contributed by atoms with Gasteiger partial charge in [0.15, 0.2) is 0 Å². The second-order valence-electron chi connectivity index (χ2n) is 3.81. The molecule has 0 aliphatic heterocycles. The fraction of sp³-hybridized carbons (Fsp3) is 0.800. The van der Waals surface area contributed by atoms with Crippen LogP contribution in [0.2, 0.25) is 0 Å². The molecule has 2 atom stereocenters. The molecule has 1 saturated carbocycles. The molecule has 1 aliphatic rings. The van der Waals surface area contributed by atoms with E-state index in [-0.39, 0.29) is 12.3 Å². The third-order valence-electron chi connectivity index (χ3n) is 2.84. The maximum atomic E-state index is 11.0. The molecule has 0 spiro atoms. The van der Waals surface area contributed by atoms with Gasteiger partial charge in [-0.25, -0.2) is 0 Å². The number of nitrogens with zero attached hydrogens (tertiary/aromatic N) is 1. The summed E-state index contributed by atoms with van der Waals surface area (Å²) < 4.78 is 0. The summed E-state index contributed by atoms with van der Waals surface area (Å²) in [6.45, 7) is 2.98. The normalized spacial score (nSPS) is 26.8. The van der Waals surface area contributed by atoms with E-state index in [9.17, 15) is 4.79 Å². The van der Waals surface area contributed by atoms with Crippen LogP contribution in [0.25, 0.3) is 0 Å². The largest absolute Gasteiger partial charge is 0.355 e. The lowest BCUT2D eigenvalue weighted by molar-refractivity contribution is -0.120. The van der Waals surface area contributed by atoms with E-state index in [0.29, 0.717) is 5.92 Å². The number of rotatable bonds is 3. The summed E-state index contributed by atoms with van der Waals surface area (Å²) in [5, 5.41) is 11.1. The molecule has 3 nitrogen and oxygen atoms in total. The highest BCUT2D eigenvalue weighted by atomic mass is 16.1. The lowest BCUT2D eigenvalue weighted by atomic mass is 9.98. The summed E-state index contributed by atoms with van der Waals surface area (Å²) in [7, 11) is 0. The lowest BCUT2D eigenvalue weighted by Gasteiger charge is -2.14. The molecule has 0 bridgehead atoms. The molecule has 0 saturated heterocycles. The van der Waals surface area contributed by atoms with Crippen LogP contribution in [-0.2, 0) is 4.79 Å². The molecule has 1 rings (SSSR count). The monoisotopic (exact) mass is 180 g/mol. The van der Waals surface area contributed by atoms with E-state index in [2.05, 4.69) is 12.2 Å². The average molecular weight is 180 g/mol. The summed E-state index contributed by atoms with van der Waals surface area (Å²) in [6.07, 6.45) is 3.76. The molecule has 1 aliphatic carbocycles. The van der Waals surface area contributed by atoms with Gasteiger partial charge in [0.2, 0.25) is 5.91 Å². The predicted molar refractivity (Wildman–Crippen MR) is 49.7 cm³/mol. The van der Waals surface area contributed by atoms with Crippen molar-refractivity contribution < 1.29 is 4.79 Å². The minimum Gasteiger partial charge on any atom is -0.355 e. The molecule has 0 aromatic carbocycles. The second kappa shape index (κ2) is 4.86. The molecule has 2 unspecified atom stereocenters. The number of amides is 1. The van der Waals surface area contributed by atoms with Crippen LogP contribution in [0, 0.1) is 23.2 Å². The summed E-state index contributed by atoms with van der Waals surface area (Å²) in [5.74, 6) is 1.21. The van der Waals surface area contributed by atoms with Crippen molar-refractivity contribution >= 4 is 5.91 Å². The molecule has 1 amide bonds. The average Bonchev–Trinajstić information content (AvgIpc) is 2.48. The van der Waals surface area contributed by atoms with Crippen molar-refractivity contribution in [3.8, 4) is 6.07 Å². The molecular weight excluding hydrogens is 164 g/mol. The highest BCUT2D eigenvalue weighted by Crippen LogP contribution is 2.30. The molecule has 0 aromatic heterocycles. The molecule has 0 radical (unpaired) electrons. The smallest absolute Gasteiger partial charge is 0.234 e. The van der Waals surface area contributed by atoms with Crippen LogP contribution in [-0.4, -0.2) is 12.5 Å². The quantitative estimate of drug-likeness (QED) is 0.714. The second-order valence-corrected chi connectivity index (χ2v) is 3.81. The zero-order valence-electron chi connectivity index (χ0n) is 8.05. The van der Waals surface area contributed by atoms with E-state index in [1.807, 2.05) is 6.07 Å². The number of hydrogen-bond donors (Lipinski definition) is 1. The van der Waals surface area contributed by atoms with Gasteiger partial charge in [0.05, 0.1) is 6.07 Å². The van der Waals surface area contributed by atoms with Crippen LogP contribution >= 0.6 is 0 Å². The third kappa shape index (κ3) is 3.06. The molecule has 1 fully saturated rings. The van der Waals surface area contributed by atoms with Gasteiger partial charge in [-0.1, -0.05) is 19.8 Å². The van der Waals surface area contributed by atoms with Gasteiger partial charge in [0.1, 0.15) is 6.42 Å². The third-order valence-corrected chi connectivity index (χ3v) is 2.84. The van der Waals surface area contributed by atoms with E-state index in [4.69, 9.17) is 5.26 Å². The van der Waals surface area contributed by atoms with Crippen molar-refractivity contribution in [2.75, 3.05) is 6.54 Å². The van der Waals surface area contributed by atoms with E-state index >= 15 is 0 Å². The van der Waals surface area contributed by atoms with Crippen LogP contribution in [0.15, 0.2) is 0 Å². The van der Waals surface area contributed by atoms with Gasteiger partial charge in [-0.05, 0) is 18.3 Å². The SMILES string of the molecule is CC1CCCC1CNC(=O)CC#N. The Hall–Kier alpha value is -1.04. The minimum atomic E-state index is -0.137. The fourth-order valence-corrected chi connectivity index (χ4v) is 1.90. The summed E-state index contributed by atoms with van der Waals surface area (Å²) >= 11 is 0. The van der Waals surface area contributed by atoms with Gasteiger partial charge < -0.3 is 5.32 Å². The van der Waals surface area contributed by atoms with E-state index in [1.54, 1.807) is 0 Å². The Balaban J connectivity index is 2.19. The molecule has 0 aromatic rings. The van der Waals surface area contributed by atoms with E-state index < -0.39 is 0 Å². The Labute approximate surface area is 79.1 Å². The molecule has 0 heterocycles. The van der Waals surface area contributed by atoms with Crippen LogP contribution in [0.5, 0.6) is 0 Å². The standard InChI is InChI=1S/C10H16N2O/c1-8-3-2-4-9(8)7-12-10(13)5-6-11/h8-9H,2-5,7H2,1H3,(H,12,13). The van der Waals surface area contributed by atoms with Crippen molar-refractivity contribution in [1.29, 1.82) is 5.26 Å². The van der Waals surface area contributed by atoms with E-state index in [0.717, 1.165) is 12.5 Å². The highest BCUT2D eigenvalue weighted by Gasteiger charge is 2.23. The first-order valence-corrected chi connectivity index (χ1v) is 4.87. The summed E-state index contributed by atoms with van der Waals surface area (Å²) in [5.41, 5.74) is 0. The van der Waals surface area contributed by atoms with Crippen LogP contribution < -0.4 is 5.32 Å². The van der Waals surface area contributed by atoms with Crippen molar-refractivity contribution in [1.82, 2.24) is 5.32 Å². The fourth-order valence-electron chi connectivity index (χ4n) is 1.90. The maximum Gasteiger partial charge on any atom is 0.234 e. The van der Waals surface area contributed by atoms with Crippen LogP contribution in [0.4, 0.5) is 0 Å². The zero-order valence-corrected chi connectivity index (χ0v) is 8.05. The number of nitrogens with one attached hydrogen (secondary N) is 1. The Kier molecular flexibility index (Phi) is 3.75. The van der Waals surface area contributed by atoms with Crippen LogP contribution in [0.1, 0.15) is 32.6 Å². The first kappa shape index (κ1) is 10.0. The minimum absolute atomic E-state index is 0.0128. The Morgan fingerprint density at radius 1 is 1.62 bits per heavy atom. The number of carbonyl (C=O) groups excluding carboxylic acids is 1. The van der Waals surface area contributed by atoms with Gasteiger partial charge >= 0.3 is 0 Å². The van der Waals surface area contributed by atoms with Gasteiger partial charge in [-0.15, -0.1) is 0 Å². The topological polar surface area (TPSA) is 52.9 Å². The summed E-state index contributed by atoms with van der Waals surface area (Å²) in [4.78, 5) is 11.0. The lowest BCUT2D eigenvalue weighted by Crippen LogP contribution is -2.29. The van der Waals surface area contributed by atoms with Crippen molar-refractivity contribution in [3.05, 3.63) is 0 Å². The van der Waals surface area contributed by atoms with Crippen molar-refractivity contribution in [2.45, 2.75) is 32.6 Å². The molecule has 1 N–H and O–H groups in total. The Morgan fingerprint density at radius 2 is 2.38 bits per heavy atom. The van der Waals surface area contributed by atoms with Crippen LogP contribution in [0.3, 0.4) is 0 Å². The summed E-state index contributed by atoms with van der Waals surface area (Å²) in [6, 6.07) is 1.84. The van der Waals surface area contributed by atoms with Gasteiger partial charge in [-0.3, -0.25) is 4.79 Å². The Morgan fingerprint density at radius 3 is 2.92 bits per heavy atom. The molecular formula is C10H16N2O. The number of hydrogen-bond acceptors (Lipinski definition) is 2. The first-order chi connectivity index (χ1) is 6.24. The predicted octanol–water partition coefficient (Wildman–Crippen LogP) is 1.45. The van der Waals surface area contributed by atoms with Gasteiger partial charge in [0.25, 0.3) is 0 Å².